The summed E-state index contributed by atoms with van der Waals surface area (Å²) in [5.41, 5.74) is -0.763. The molecule has 1 amide bonds. The fourth-order valence-corrected chi connectivity index (χ4v) is 2.97. The largest absolute Gasteiger partial charge is 0.497 e. The first-order chi connectivity index (χ1) is 11.5. The molecule has 2 rings (SSSR count). The van der Waals surface area contributed by atoms with Gasteiger partial charge in [-0.1, -0.05) is 13.0 Å². The van der Waals surface area contributed by atoms with Crippen LogP contribution >= 0.6 is 0 Å². The molecule has 0 radical (unpaired) electrons. The highest BCUT2D eigenvalue weighted by atomic mass is 16.5. The van der Waals surface area contributed by atoms with Crippen LogP contribution in [0.1, 0.15) is 19.8 Å². The number of nitrogens with zero attached hydrogens (tertiary/aromatic N) is 1. The van der Waals surface area contributed by atoms with E-state index >= 15 is 0 Å². The Morgan fingerprint density at radius 3 is 2.79 bits per heavy atom. The summed E-state index contributed by atoms with van der Waals surface area (Å²) >= 11 is 0. The highest BCUT2D eigenvalue weighted by Gasteiger charge is 2.39. The smallest absolute Gasteiger partial charge is 0.260 e. The minimum absolute atomic E-state index is 0.00201. The number of benzene rings is 1. The van der Waals surface area contributed by atoms with Crippen LogP contribution in [-0.2, 0) is 9.53 Å². The Morgan fingerprint density at radius 1 is 1.38 bits per heavy atom. The van der Waals surface area contributed by atoms with Gasteiger partial charge < -0.3 is 24.2 Å². The maximum Gasteiger partial charge on any atom is 0.260 e. The first kappa shape index (κ1) is 18.5. The van der Waals surface area contributed by atoms with Crippen LogP contribution in [0.3, 0.4) is 0 Å². The van der Waals surface area contributed by atoms with Crippen molar-refractivity contribution in [3.05, 3.63) is 24.3 Å². The minimum Gasteiger partial charge on any atom is -0.497 e. The first-order valence-corrected chi connectivity index (χ1v) is 8.24. The van der Waals surface area contributed by atoms with Crippen molar-refractivity contribution in [2.45, 2.75) is 25.4 Å². The summed E-state index contributed by atoms with van der Waals surface area (Å²) in [5, 5.41) is 10.7. The van der Waals surface area contributed by atoms with Gasteiger partial charge in [0.1, 0.15) is 11.5 Å². The van der Waals surface area contributed by atoms with Gasteiger partial charge in [0.05, 0.1) is 12.7 Å². The molecule has 6 heteroatoms. The van der Waals surface area contributed by atoms with Crippen LogP contribution in [0.4, 0.5) is 0 Å². The van der Waals surface area contributed by atoms with E-state index < -0.39 is 5.60 Å². The quantitative estimate of drug-likeness (QED) is 0.820. The number of carbonyl (C=O) groups is 1. The fraction of sp³-hybridized carbons (Fsp3) is 0.611. The molecule has 134 valence electrons. The predicted molar refractivity (Wildman–Crippen MR) is 90.3 cm³/mol. The number of piperidine rings is 1. The molecule has 0 aromatic heterocycles. The van der Waals surface area contributed by atoms with Gasteiger partial charge in [-0.05, 0) is 25.0 Å². The SMILES string of the molecule is COCC[C@]1(O)CCN(C(=O)COc2cccc(OC)c2)C[C@H]1C. The Hall–Kier alpha value is -1.79. The lowest BCUT2D eigenvalue weighted by atomic mass is 9.80. The molecule has 0 bridgehead atoms. The molecule has 1 aromatic rings. The topological polar surface area (TPSA) is 68.2 Å². The third-order valence-electron chi connectivity index (χ3n) is 4.72. The van der Waals surface area contributed by atoms with Crippen LogP contribution in [0, 0.1) is 5.92 Å². The summed E-state index contributed by atoms with van der Waals surface area (Å²) < 4.78 is 15.8. The lowest BCUT2D eigenvalue weighted by molar-refractivity contribution is -0.142. The monoisotopic (exact) mass is 337 g/mol. The number of amides is 1. The van der Waals surface area contributed by atoms with Crippen LogP contribution in [-0.4, -0.2) is 62.0 Å². The van der Waals surface area contributed by atoms with Crippen molar-refractivity contribution in [3.63, 3.8) is 0 Å². The van der Waals surface area contributed by atoms with Crippen molar-refractivity contribution in [3.8, 4) is 11.5 Å². The Morgan fingerprint density at radius 2 is 2.12 bits per heavy atom. The number of methoxy groups -OCH3 is 2. The maximum absolute atomic E-state index is 12.4. The van der Waals surface area contributed by atoms with Gasteiger partial charge in [0.2, 0.25) is 0 Å². The molecule has 1 heterocycles. The number of hydrogen-bond acceptors (Lipinski definition) is 5. The Kier molecular flexibility index (Phi) is 6.45. The summed E-state index contributed by atoms with van der Waals surface area (Å²) in [7, 11) is 3.21. The van der Waals surface area contributed by atoms with Gasteiger partial charge in [0, 0.05) is 38.8 Å². The molecule has 1 saturated heterocycles. The van der Waals surface area contributed by atoms with E-state index in [-0.39, 0.29) is 18.4 Å². The summed E-state index contributed by atoms with van der Waals surface area (Å²) in [6, 6.07) is 7.17. The molecule has 6 nitrogen and oxygen atoms in total. The van der Waals surface area contributed by atoms with Crippen molar-refractivity contribution in [1.29, 1.82) is 0 Å². The molecule has 1 aromatic carbocycles. The zero-order valence-electron chi connectivity index (χ0n) is 14.7. The van der Waals surface area contributed by atoms with Crippen LogP contribution in [0.25, 0.3) is 0 Å². The van der Waals surface area contributed by atoms with E-state index in [1.165, 1.54) is 0 Å². The third-order valence-corrected chi connectivity index (χ3v) is 4.72. The van der Waals surface area contributed by atoms with Crippen molar-refractivity contribution < 1.29 is 24.1 Å². The van der Waals surface area contributed by atoms with E-state index in [1.54, 1.807) is 31.3 Å². The van der Waals surface area contributed by atoms with Gasteiger partial charge in [0.25, 0.3) is 5.91 Å². The Bertz CT molecular complexity index is 550. The molecule has 1 fully saturated rings. The number of carbonyl (C=O) groups excluding carboxylic acids is 1. The zero-order chi connectivity index (χ0) is 17.6. The van der Waals surface area contributed by atoms with E-state index in [2.05, 4.69) is 0 Å². The highest BCUT2D eigenvalue weighted by molar-refractivity contribution is 5.78. The summed E-state index contributed by atoms with van der Waals surface area (Å²) in [5.74, 6) is 1.22. The number of aliphatic hydroxyl groups is 1. The molecule has 1 N–H and O–H groups in total. The van der Waals surface area contributed by atoms with Crippen LogP contribution < -0.4 is 9.47 Å². The average Bonchev–Trinajstić information content (AvgIpc) is 2.60. The molecule has 1 aliphatic rings. The Balaban J connectivity index is 1.85. The van der Waals surface area contributed by atoms with Gasteiger partial charge in [-0.2, -0.15) is 0 Å². The van der Waals surface area contributed by atoms with Crippen molar-refractivity contribution in [2.75, 3.05) is 40.5 Å². The van der Waals surface area contributed by atoms with E-state index in [0.717, 1.165) is 0 Å². The van der Waals surface area contributed by atoms with Crippen LogP contribution in [0.15, 0.2) is 24.3 Å². The summed E-state index contributed by atoms with van der Waals surface area (Å²) in [6.45, 7) is 3.54. The Labute approximate surface area is 143 Å². The second kappa shape index (κ2) is 8.35. The molecule has 0 unspecified atom stereocenters. The van der Waals surface area contributed by atoms with Crippen molar-refractivity contribution in [2.24, 2.45) is 5.92 Å². The molecule has 24 heavy (non-hydrogen) atoms. The molecule has 0 aliphatic carbocycles. The second-order valence-electron chi connectivity index (χ2n) is 6.30. The number of hydrogen-bond donors (Lipinski definition) is 1. The number of rotatable bonds is 7. The molecular weight excluding hydrogens is 310 g/mol. The lowest BCUT2D eigenvalue weighted by Crippen LogP contribution is -2.53. The summed E-state index contributed by atoms with van der Waals surface area (Å²) in [6.07, 6.45) is 1.15. The summed E-state index contributed by atoms with van der Waals surface area (Å²) in [4.78, 5) is 14.1. The van der Waals surface area contributed by atoms with E-state index in [0.29, 0.717) is 44.0 Å². The molecule has 1 aliphatic heterocycles. The van der Waals surface area contributed by atoms with E-state index in [1.807, 2.05) is 19.1 Å². The van der Waals surface area contributed by atoms with Crippen molar-refractivity contribution >= 4 is 5.91 Å². The van der Waals surface area contributed by atoms with Crippen molar-refractivity contribution in [1.82, 2.24) is 4.90 Å². The molecule has 2 atom stereocenters. The standard InChI is InChI=1S/C18H27NO5/c1-14-12-19(9-7-18(14,21)8-10-22-2)17(20)13-24-16-6-4-5-15(11-16)23-3/h4-6,11,14,21H,7-10,12-13H2,1-3H3/t14-,18-/m1/s1. The lowest BCUT2D eigenvalue weighted by Gasteiger charge is -2.43. The predicted octanol–water partition coefficient (Wildman–Crippen LogP) is 1.71. The first-order valence-electron chi connectivity index (χ1n) is 8.24. The normalized spacial score (nSPS) is 23.8. The van der Waals surface area contributed by atoms with Gasteiger partial charge >= 0.3 is 0 Å². The third kappa shape index (κ3) is 4.61. The molecule has 0 spiro atoms. The second-order valence-corrected chi connectivity index (χ2v) is 6.30. The zero-order valence-corrected chi connectivity index (χ0v) is 14.7. The minimum atomic E-state index is -0.763. The maximum atomic E-state index is 12.4. The molecule has 0 saturated carbocycles. The van der Waals surface area contributed by atoms with E-state index in [9.17, 15) is 9.90 Å². The number of likely N-dealkylation sites (tertiary alicyclic amines) is 1. The van der Waals surface area contributed by atoms with E-state index in [4.69, 9.17) is 14.2 Å². The van der Waals surface area contributed by atoms with Crippen LogP contribution in [0.2, 0.25) is 0 Å². The molecular formula is C18H27NO5. The fourth-order valence-electron chi connectivity index (χ4n) is 2.97. The van der Waals surface area contributed by atoms with Gasteiger partial charge in [-0.15, -0.1) is 0 Å². The highest BCUT2D eigenvalue weighted by Crippen LogP contribution is 2.31. The van der Waals surface area contributed by atoms with Gasteiger partial charge in [-0.25, -0.2) is 0 Å². The number of ether oxygens (including phenoxy) is 3. The van der Waals surface area contributed by atoms with Gasteiger partial charge in [-0.3, -0.25) is 4.79 Å². The van der Waals surface area contributed by atoms with Gasteiger partial charge in [0.15, 0.2) is 6.61 Å². The van der Waals surface area contributed by atoms with Crippen LogP contribution in [0.5, 0.6) is 11.5 Å². The average molecular weight is 337 g/mol.